The van der Waals surface area contributed by atoms with Crippen molar-refractivity contribution in [2.45, 2.75) is 38.5 Å². The van der Waals surface area contributed by atoms with E-state index in [1.165, 1.54) is 12.4 Å². The van der Waals surface area contributed by atoms with Crippen LogP contribution in [-0.2, 0) is 17.7 Å². The highest BCUT2D eigenvalue weighted by molar-refractivity contribution is 5.89. The summed E-state index contributed by atoms with van der Waals surface area (Å²) < 4.78 is 19.2. The Balaban J connectivity index is 1.34. The SMILES string of the molecule is CCNC(=O)Nc1ccc(-c2nc3c(c(N4CC5CC4CO5)n2)CCN(c2ncc(F)cn2)C3)cc1. The van der Waals surface area contributed by atoms with Gasteiger partial charge in [0.2, 0.25) is 5.95 Å². The largest absolute Gasteiger partial charge is 0.374 e. The fraction of sp³-hybridized carbons (Fsp3) is 0.400. The summed E-state index contributed by atoms with van der Waals surface area (Å²) in [5, 5.41) is 5.53. The molecule has 3 aliphatic rings. The van der Waals surface area contributed by atoms with Crippen molar-refractivity contribution in [3.05, 3.63) is 53.7 Å². The van der Waals surface area contributed by atoms with Crippen molar-refractivity contribution in [1.29, 1.82) is 0 Å². The van der Waals surface area contributed by atoms with Gasteiger partial charge in [-0.15, -0.1) is 0 Å². The first-order chi connectivity index (χ1) is 17.6. The first-order valence-corrected chi connectivity index (χ1v) is 12.2. The molecule has 2 bridgehead atoms. The molecule has 0 radical (unpaired) electrons. The molecule has 186 valence electrons. The van der Waals surface area contributed by atoms with Crippen LogP contribution >= 0.6 is 0 Å². The Morgan fingerprint density at radius 3 is 2.69 bits per heavy atom. The Morgan fingerprint density at radius 1 is 1.19 bits per heavy atom. The van der Waals surface area contributed by atoms with Gasteiger partial charge >= 0.3 is 6.03 Å². The molecule has 11 heteroatoms. The van der Waals surface area contributed by atoms with Crippen LogP contribution in [0.25, 0.3) is 11.4 Å². The van der Waals surface area contributed by atoms with Crippen molar-refractivity contribution in [3.8, 4) is 11.4 Å². The molecule has 2 aromatic heterocycles. The number of nitrogens with one attached hydrogen (secondary N) is 2. The number of anilines is 3. The number of aromatic nitrogens is 4. The number of carbonyl (C=O) groups excluding carboxylic acids is 1. The summed E-state index contributed by atoms with van der Waals surface area (Å²) in [4.78, 5) is 34.6. The molecule has 36 heavy (non-hydrogen) atoms. The molecule has 2 N–H and O–H groups in total. The number of morpholine rings is 1. The Bertz CT molecular complexity index is 1270. The van der Waals surface area contributed by atoms with E-state index < -0.39 is 5.82 Å². The predicted octanol–water partition coefficient (Wildman–Crippen LogP) is 2.75. The molecular formula is C25H27FN8O2. The third-order valence-corrected chi connectivity index (χ3v) is 6.84. The lowest BCUT2D eigenvalue weighted by Gasteiger charge is -2.34. The second-order valence-electron chi connectivity index (χ2n) is 9.23. The van der Waals surface area contributed by atoms with Gasteiger partial charge in [0.05, 0.1) is 43.4 Å². The summed E-state index contributed by atoms with van der Waals surface area (Å²) in [7, 11) is 0. The second-order valence-corrected chi connectivity index (χ2v) is 9.23. The van der Waals surface area contributed by atoms with Crippen molar-refractivity contribution >= 4 is 23.5 Å². The lowest BCUT2D eigenvalue weighted by molar-refractivity contribution is 0.0988. The van der Waals surface area contributed by atoms with Gasteiger partial charge in [0.25, 0.3) is 0 Å². The zero-order valence-corrected chi connectivity index (χ0v) is 19.9. The molecule has 2 atom stereocenters. The molecular weight excluding hydrogens is 463 g/mol. The summed E-state index contributed by atoms with van der Waals surface area (Å²) >= 11 is 0. The number of halogens is 1. The standard InChI is InChI=1S/C25H27FN8O2/c1-2-27-25(35)30-17-5-3-15(4-6-17)22-31-21-13-33(24-28-10-16(26)11-29-24)8-7-20(21)23(32-22)34-12-19-9-18(34)14-36-19/h3-6,10-11,18-19H,2,7-9,12-14H2,1H3,(H2,27,30,35). The maximum atomic E-state index is 13.4. The van der Waals surface area contributed by atoms with E-state index in [2.05, 4.69) is 25.5 Å². The maximum absolute atomic E-state index is 13.4. The van der Waals surface area contributed by atoms with Crippen LogP contribution in [0.4, 0.5) is 26.6 Å². The van der Waals surface area contributed by atoms with E-state index in [-0.39, 0.29) is 12.1 Å². The number of fused-ring (bicyclic) bond motifs is 3. The average molecular weight is 491 g/mol. The van der Waals surface area contributed by atoms with Crippen LogP contribution in [0.1, 0.15) is 24.6 Å². The molecule has 3 aromatic rings. The number of rotatable bonds is 5. The highest BCUT2D eigenvalue weighted by atomic mass is 19.1. The fourth-order valence-electron chi connectivity index (χ4n) is 5.11. The fourth-order valence-corrected chi connectivity index (χ4v) is 5.11. The van der Waals surface area contributed by atoms with Gasteiger partial charge in [-0.2, -0.15) is 0 Å². The second kappa shape index (κ2) is 9.30. The minimum Gasteiger partial charge on any atom is -0.374 e. The zero-order valence-electron chi connectivity index (χ0n) is 19.9. The van der Waals surface area contributed by atoms with Crippen LogP contribution < -0.4 is 20.4 Å². The third-order valence-electron chi connectivity index (χ3n) is 6.84. The van der Waals surface area contributed by atoms with Crippen molar-refractivity contribution in [3.63, 3.8) is 0 Å². The molecule has 0 spiro atoms. The smallest absolute Gasteiger partial charge is 0.319 e. The highest BCUT2D eigenvalue weighted by Crippen LogP contribution is 2.37. The average Bonchev–Trinajstić information content (AvgIpc) is 3.53. The lowest BCUT2D eigenvalue weighted by Crippen LogP contribution is -2.40. The molecule has 2 saturated heterocycles. The Kier molecular flexibility index (Phi) is 5.84. The molecule has 2 amide bonds. The van der Waals surface area contributed by atoms with Crippen LogP contribution in [0.5, 0.6) is 0 Å². The molecule has 5 heterocycles. The van der Waals surface area contributed by atoms with Gasteiger partial charge in [0.1, 0.15) is 5.82 Å². The number of nitrogens with zero attached hydrogens (tertiary/aromatic N) is 6. The quantitative estimate of drug-likeness (QED) is 0.562. The molecule has 10 nitrogen and oxygen atoms in total. The number of urea groups is 1. The first-order valence-electron chi connectivity index (χ1n) is 12.2. The van der Waals surface area contributed by atoms with Gasteiger partial charge in [-0.1, -0.05) is 0 Å². The summed E-state index contributed by atoms with van der Waals surface area (Å²) in [6, 6.07) is 7.59. The normalized spacial score (nSPS) is 20.4. The van der Waals surface area contributed by atoms with Crippen LogP contribution in [-0.4, -0.2) is 64.4 Å². The van der Waals surface area contributed by atoms with Gasteiger partial charge in [0.15, 0.2) is 11.6 Å². The maximum Gasteiger partial charge on any atom is 0.319 e. The van der Waals surface area contributed by atoms with Gasteiger partial charge in [-0.25, -0.2) is 29.1 Å². The third kappa shape index (κ3) is 4.30. The van der Waals surface area contributed by atoms with Gasteiger partial charge in [-0.3, -0.25) is 0 Å². The number of amides is 2. The van der Waals surface area contributed by atoms with E-state index in [0.717, 1.165) is 42.0 Å². The van der Waals surface area contributed by atoms with Crippen molar-refractivity contribution < 1.29 is 13.9 Å². The van der Waals surface area contributed by atoms with E-state index in [1.54, 1.807) is 0 Å². The summed E-state index contributed by atoms with van der Waals surface area (Å²) in [6.07, 6.45) is 4.38. The monoisotopic (exact) mass is 490 g/mol. The van der Waals surface area contributed by atoms with Gasteiger partial charge in [-0.05, 0) is 44.0 Å². The van der Waals surface area contributed by atoms with Crippen molar-refractivity contribution in [2.24, 2.45) is 0 Å². The number of ether oxygens (including phenoxy) is 1. The molecule has 3 aliphatic heterocycles. The molecule has 2 fully saturated rings. The van der Waals surface area contributed by atoms with E-state index in [1.807, 2.05) is 36.1 Å². The first kappa shape index (κ1) is 22.6. The molecule has 6 rings (SSSR count). The Labute approximate surface area is 207 Å². The number of hydrogen-bond donors (Lipinski definition) is 2. The molecule has 1 aromatic carbocycles. The summed E-state index contributed by atoms with van der Waals surface area (Å²) in [5.74, 6) is 1.62. The molecule has 0 saturated carbocycles. The summed E-state index contributed by atoms with van der Waals surface area (Å²) in [6.45, 7) is 5.18. The Hall–Kier alpha value is -3.86. The summed E-state index contributed by atoms with van der Waals surface area (Å²) in [5.41, 5.74) is 3.61. The van der Waals surface area contributed by atoms with E-state index in [0.29, 0.717) is 49.7 Å². The number of hydrogen-bond acceptors (Lipinski definition) is 8. The van der Waals surface area contributed by atoms with Crippen LogP contribution in [0.2, 0.25) is 0 Å². The Morgan fingerprint density at radius 2 is 2.00 bits per heavy atom. The number of benzene rings is 1. The topological polar surface area (TPSA) is 108 Å². The van der Waals surface area contributed by atoms with E-state index >= 15 is 0 Å². The highest BCUT2D eigenvalue weighted by Gasteiger charge is 2.41. The zero-order chi connectivity index (χ0) is 24.6. The minimum atomic E-state index is -0.459. The van der Waals surface area contributed by atoms with Gasteiger partial charge in [0, 0.05) is 36.4 Å². The predicted molar refractivity (Wildman–Crippen MR) is 132 cm³/mol. The van der Waals surface area contributed by atoms with Crippen molar-refractivity contribution in [1.82, 2.24) is 25.3 Å². The van der Waals surface area contributed by atoms with E-state index in [9.17, 15) is 9.18 Å². The van der Waals surface area contributed by atoms with Crippen molar-refractivity contribution in [2.75, 3.05) is 41.4 Å². The molecule has 0 aliphatic carbocycles. The van der Waals surface area contributed by atoms with E-state index in [4.69, 9.17) is 14.7 Å². The van der Waals surface area contributed by atoms with Gasteiger partial charge < -0.3 is 25.2 Å². The van der Waals surface area contributed by atoms with Crippen LogP contribution in [0.3, 0.4) is 0 Å². The number of carbonyl (C=O) groups is 1. The van der Waals surface area contributed by atoms with Crippen LogP contribution in [0, 0.1) is 5.82 Å². The minimum absolute atomic E-state index is 0.244. The van der Waals surface area contributed by atoms with Crippen LogP contribution in [0.15, 0.2) is 36.7 Å². The molecule has 2 unspecified atom stereocenters. The lowest BCUT2D eigenvalue weighted by atomic mass is 10.0.